The van der Waals surface area contributed by atoms with Crippen LogP contribution in [-0.4, -0.2) is 59.3 Å². The number of aromatic nitrogens is 2. The van der Waals surface area contributed by atoms with Gasteiger partial charge in [-0.25, -0.2) is 4.98 Å². The number of nitrogens with zero attached hydrogens (tertiary/aromatic N) is 1. The third kappa shape index (κ3) is 12.2. The van der Waals surface area contributed by atoms with Crippen LogP contribution in [0.2, 0.25) is 0 Å². The molecule has 10 atom stereocenters. The zero-order valence-electron chi connectivity index (χ0n) is 32.3. The summed E-state index contributed by atoms with van der Waals surface area (Å²) in [4.78, 5) is 19.7. The fraction of sp³-hybridized carbons (Fsp3) is 0.721. The monoisotopic (exact) mass is 724 g/mol. The molecule has 292 valence electrons. The predicted molar refractivity (Wildman–Crippen MR) is 207 cm³/mol. The second-order valence-corrected chi connectivity index (χ2v) is 17.0. The van der Waals surface area contributed by atoms with Crippen molar-refractivity contribution in [1.82, 2.24) is 9.97 Å². The first-order valence-electron chi connectivity index (χ1n) is 20.4. The summed E-state index contributed by atoms with van der Waals surface area (Å²) in [7, 11) is 0. The number of aliphatic hydroxyl groups is 4. The van der Waals surface area contributed by atoms with Gasteiger partial charge in [0.05, 0.1) is 29.8 Å². The Morgan fingerprint density at radius 1 is 1.04 bits per heavy atom. The molecule has 10 unspecified atom stereocenters. The molecule has 0 saturated heterocycles. The van der Waals surface area contributed by atoms with Crippen LogP contribution in [-0.2, 0) is 11.2 Å². The largest absolute Gasteiger partial charge is 0.481 e. The number of hydrogen-bond acceptors (Lipinski definition) is 7. The van der Waals surface area contributed by atoms with Gasteiger partial charge in [0.25, 0.3) is 0 Å². The molecule has 0 radical (unpaired) electrons. The predicted octanol–water partition coefficient (Wildman–Crippen LogP) is 8.10. The molecule has 2 aromatic rings. The first-order chi connectivity index (χ1) is 24.8. The molecule has 2 heterocycles. The summed E-state index contributed by atoms with van der Waals surface area (Å²) >= 11 is 0. The molecule has 9 heteroatoms. The summed E-state index contributed by atoms with van der Waals surface area (Å²) in [5.41, 5.74) is 7.49. The second kappa shape index (κ2) is 20.1. The van der Waals surface area contributed by atoms with E-state index in [-0.39, 0.29) is 30.8 Å². The molecule has 0 spiro atoms. The topological polar surface area (TPSA) is 173 Å². The molecule has 0 bridgehead atoms. The number of rotatable bonds is 22. The highest BCUT2D eigenvalue weighted by Gasteiger charge is 2.50. The fourth-order valence-electron chi connectivity index (χ4n) is 9.23. The van der Waals surface area contributed by atoms with Gasteiger partial charge in [-0.1, -0.05) is 78.4 Å². The zero-order valence-corrected chi connectivity index (χ0v) is 32.3. The van der Waals surface area contributed by atoms with E-state index in [0.717, 1.165) is 49.7 Å². The Balaban J connectivity index is 1.34. The van der Waals surface area contributed by atoms with Crippen molar-refractivity contribution in [1.29, 1.82) is 0 Å². The van der Waals surface area contributed by atoms with Crippen molar-refractivity contribution in [2.24, 2.45) is 35.5 Å². The number of H-pyrrole nitrogens is 1. The van der Waals surface area contributed by atoms with Gasteiger partial charge in [0, 0.05) is 29.9 Å². The number of carbonyl (C=O) groups is 1. The van der Waals surface area contributed by atoms with E-state index < -0.39 is 35.6 Å². The van der Waals surface area contributed by atoms with Crippen molar-refractivity contribution in [3.63, 3.8) is 0 Å². The van der Waals surface area contributed by atoms with Crippen LogP contribution in [0.15, 0.2) is 42.7 Å². The average molecular weight is 724 g/mol. The number of aromatic amines is 1. The number of nitrogen functional groups attached to an aromatic ring is 1. The van der Waals surface area contributed by atoms with Crippen LogP contribution in [0, 0.1) is 35.5 Å². The maximum Gasteiger partial charge on any atom is 0.309 e. The molecule has 0 aromatic carbocycles. The number of nitrogens with two attached hydrogens (primary N) is 1. The Hall–Kier alpha value is -2.72. The fourth-order valence-corrected chi connectivity index (χ4v) is 9.23. The van der Waals surface area contributed by atoms with Crippen molar-refractivity contribution in [3.8, 4) is 0 Å². The van der Waals surface area contributed by atoms with Crippen molar-refractivity contribution >= 4 is 11.8 Å². The number of unbranched alkanes of at least 4 members (excludes halogenated alkanes) is 4. The van der Waals surface area contributed by atoms with Gasteiger partial charge in [-0.2, -0.15) is 0 Å². The van der Waals surface area contributed by atoms with E-state index in [0.29, 0.717) is 61.4 Å². The minimum absolute atomic E-state index is 0.0673. The van der Waals surface area contributed by atoms with Gasteiger partial charge in [0.1, 0.15) is 5.82 Å². The molecule has 4 rings (SSSR count). The van der Waals surface area contributed by atoms with E-state index in [2.05, 4.69) is 49.8 Å². The Bertz CT molecular complexity index is 1390. The first-order valence-corrected chi connectivity index (χ1v) is 20.4. The van der Waals surface area contributed by atoms with Crippen LogP contribution in [0.25, 0.3) is 0 Å². The molecule has 52 heavy (non-hydrogen) atoms. The van der Waals surface area contributed by atoms with Crippen molar-refractivity contribution in [2.75, 3.05) is 5.73 Å². The third-order valence-electron chi connectivity index (χ3n) is 12.2. The lowest BCUT2D eigenvalue weighted by atomic mass is 9.79. The van der Waals surface area contributed by atoms with Crippen molar-refractivity contribution < 1.29 is 30.3 Å². The van der Waals surface area contributed by atoms with E-state index in [1.54, 1.807) is 6.20 Å². The van der Waals surface area contributed by atoms with Crippen LogP contribution >= 0.6 is 0 Å². The molecule has 0 aliphatic heterocycles. The first kappa shape index (κ1) is 42.0. The Morgan fingerprint density at radius 3 is 2.50 bits per heavy atom. The molecular formula is C43H69N3O6. The number of anilines is 1. The highest BCUT2D eigenvalue weighted by molar-refractivity contribution is 5.70. The molecule has 1 saturated carbocycles. The lowest BCUT2D eigenvalue weighted by Crippen LogP contribution is -2.39. The molecule has 2 aliphatic rings. The van der Waals surface area contributed by atoms with E-state index in [1.807, 2.05) is 24.4 Å². The number of carboxylic acid groups (broad SMARTS) is 1. The summed E-state index contributed by atoms with van der Waals surface area (Å²) in [6.45, 7) is 8.78. The van der Waals surface area contributed by atoms with Gasteiger partial charge >= 0.3 is 5.97 Å². The number of aliphatic hydroxyl groups excluding tert-OH is 3. The Labute approximate surface area is 312 Å². The van der Waals surface area contributed by atoms with Gasteiger partial charge in [-0.15, -0.1) is 0 Å². The molecule has 2 aliphatic carbocycles. The average Bonchev–Trinajstić information content (AvgIpc) is 3.71. The maximum absolute atomic E-state index is 12.3. The molecule has 8 N–H and O–H groups in total. The summed E-state index contributed by atoms with van der Waals surface area (Å²) in [6, 6.07) is 5.78. The second-order valence-electron chi connectivity index (χ2n) is 17.0. The number of hydrogen-bond donors (Lipinski definition) is 7. The summed E-state index contributed by atoms with van der Waals surface area (Å²) in [5, 5.41) is 56.1. The minimum atomic E-state index is -1.29. The van der Waals surface area contributed by atoms with Crippen molar-refractivity contribution in [3.05, 3.63) is 59.6 Å². The smallest absolute Gasteiger partial charge is 0.309 e. The number of aliphatic carboxylic acids is 1. The lowest BCUT2D eigenvalue weighted by Gasteiger charge is -2.34. The number of pyridine rings is 1. The van der Waals surface area contributed by atoms with E-state index in [4.69, 9.17) is 5.73 Å². The van der Waals surface area contributed by atoms with Crippen molar-refractivity contribution in [2.45, 2.75) is 160 Å². The summed E-state index contributed by atoms with van der Waals surface area (Å²) in [5.74, 6) is -0.444. The highest BCUT2D eigenvalue weighted by atomic mass is 16.4. The van der Waals surface area contributed by atoms with E-state index in [9.17, 15) is 30.3 Å². The third-order valence-corrected chi connectivity index (χ3v) is 12.2. The summed E-state index contributed by atoms with van der Waals surface area (Å²) in [6.07, 6.45) is 18.0. The normalized spacial score (nSPS) is 27.1. The number of carboxylic acids is 1. The molecule has 2 aromatic heterocycles. The van der Waals surface area contributed by atoms with Crippen LogP contribution in [0.1, 0.15) is 153 Å². The van der Waals surface area contributed by atoms with Crippen LogP contribution in [0.4, 0.5) is 5.82 Å². The van der Waals surface area contributed by atoms with Gasteiger partial charge in [-0.3, -0.25) is 4.79 Å². The minimum Gasteiger partial charge on any atom is -0.481 e. The van der Waals surface area contributed by atoms with Crippen LogP contribution in [0.3, 0.4) is 0 Å². The lowest BCUT2D eigenvalue weighted by molar-refractivity contribution is -0.147. The standard InChI is InChI=1S/C43H69N3O6/c1-5-6-8-11-30-14-15-33(39(48)23-30)12-9-7-10-13-35(42(50)51)38(47)16-18-43(52)26-32(21-31-17-19-45-40(44)24-31)22-36(43)41(49)37-25-34(27-46-37)29(4)20-28(2)3/h14-15,17,19,24-25,27-30,32-33,35-36,38-39,41,46-49,52H,5-13,16,18,20-23,26H2,1-4H3,(H2,44,45)(H,50,51). The summed E-state index contributed by atoms with van der Waals surface area (Å²) < 4.78 is 0. The molecule has 0 amide bonds. The molecular weight excluding hydrogens is 654 g/mol. The molecule has 1 fully saturated rings. The number of allylic oxidation sites excluding steroid dienone is 1. The highest BCUT2D eigenvalue weighted by Crippen LogP contribution is 2.50. The molecule has 9 nitrogen and oxygen atoms in total. The Morgan fingerprint density at radius 2 is 1.81 bits per heavy atom. The number of nitrogens with one attached hydrogen (secondary N) is 1. The van der Waals surface area contributed by atoms with Crippen LogP contribution in [0.5, 0.6) is 0 Å². The van der Waals surface area contributed by atoms with E-state index >= 15 is 0 Å². The van der Waals surface area contributed by atoms with Gasteiger partial charge in [-0.05, 0) is 117 Å². The van der Waals surface area contributed by atoms with Gasteiger partial charge in [0.15, 0.2) is 0 Å². The van der Waals surface area contributed by atoms with Gasteiger partial charge in [0.2, 0.25) is 0 Å². The Kier molecular flexibility index (Phi) is 16.2. The SMILES string of the molecule is CCCCCC1C=CC(CCCCCC(C(=O)O)C(O)CCC2(O)CC(Cc3ccnc(N)c3)CC2C(O)c2cc(C(C)CC(C)C)c[nH]2)C(O)C1. The maximum atomic E-state index is 12.3. The zero-order chi connectivity index (χ0) is 37.8. The van der Waals surface area contributed by atoms with E-state index in [1.165, 1.54) is 19.3 Å². The van der Waals surface area contributed by atoms with Crippen LogP contribution < -0.4 is 5.73 Å². The quantitative estimate of drug-likeness (QED) is 0.0472. The van der Waals surface area contributed by atoms with Gasteiger partial charge < -0.3 is 36.3 Å².